The summed E-state index contributed by atoms with van der Waals surface area (Å²) in [6.45, 7) is 2.14. The zero-order chi connectivity index (χ0) is 16.1. The summed E-state index contributed by atoms with van der Waals surface area (Å²) >= 11 is 0. The minimum Gasteiger partial charge on any atom is -0.478 e. The summed E-state index contributed by atoms with van der Waals surface area (Å²) in [7, 11) is 0. The molecule has 0 saturated carbocycles. The van der Waals surface area contributed by atoms with E-state index in [0.29, 0.717) is 18.8 Å². The van der Waals surface area contributed by atoms with Gasteiger partial charge in [-0.15, -0.1) is 0 Å². The van der Waals surface area contributed by atoms with Crippen molar-refractivity contribution in [1.82, 2.24) is 0 Å². The molecule has 4 heteroatoms. The fraction of sp³-hybridized carbons (Fsp3) is 0.500. The molecule has 0 aromatic rings. The molecule has 0 aromatic carbocycles. The number of allylic oxidation sites excluding steroid dienone is 4. The van der Waals surface area contributed by atoms with Crippen LogP contribution in [0.25, 0.3) is 0 Å². The number of aliphatic carboxylic acids is 1. The molecule has 5 atom stereocenters. The van der Waals surface area contributed by atoms with Crippen LogP contribution in [0.15, 0.2) is 48.1 Å². The molecule has 0 spiro atoms. The first-order valence-electron chi connectivity index (χ1n) is 7.81. The molecule has 2 rings (SSSR count). The van der Waals surface area contributed by atoms with E-state index in [2.05, 4.69) is 19.1 Å². The highest BCUT2D eigenvalue weighted by molar-refractivity contribution is 5.79. The van der Waals surface area contributed by atoms with Crippen LogP contribution in [-0.2, 0) is 4.79 Å². The van der Waals surface area contributed by atoms with Gasteiger partial charge < -0.3 is 15.3 Å². The smallest absolute Gasteiger partial charge is 0.327 e. The van der Waals surface area contributed by atoms with Gasteiger partial charge in [0.15, 0.2) is 0 Å². The van der Waals surface area contributed by atoms with Gasteiger partial charge in [-0.25, -0.2) is 4.79 Å². The molecule has 2 aliphatic carbocycles. The number of carbonyl (C=O) groups is 1. The SMILES string of the molecule is C[C@H]1C=CC2=CC=C[C@H](O)C2[C@H]1CC[C@@H](O)CC=CC(=O)O. The standard InChI is InChI=1S/C18H24O4/c1-12-8-9-13-4-2-6-16(20)18(13)15(12)11-10-14(19)5-3-7-17(21)22/h2-4,6-9,12,14-16,18-20H,5,10-11H2,1H3,(H,21,22)/t12-,14-,15-,16-,18?/m0/s1. The summed E-state index contributed by atoms with van der Waals surface area (Å²) < 4.78 is 0. The van der Waals surface area contributed by atoms with Crippen molar-refractivity contribution in [2.45, 2.75) is 38.4 Å². The Morgan fingerprint density at radius 2 is 2.18 bits per heavy atom. The third-order valence-electron chi connectivity index (χ3n) is 4.58. The monoisotopic (exact) mass is 304 g/mol. The Morgan fingerprint density at radius 1 is 1.41 bits per heavy atom. The van der Waals surface area contributed by atoms with Crippen LogP contribution >= 0.6 is 0 Å². The first kappa shape index (κ1) is 16.7. The molecule has 4 nitrogen and oxygen atoms in total. The van der Waals surface area contributed by atoms with E-state index in [4.69, 9.17) is 5.11 Å². The molecule has 0 bridgehead atoms. The summed E-state index contributed by atoms with van der Waals surface area (Å²) in [6.07, 6.45) is 13.3. The molecule has 0 saturated heterocycles. The van der Waals surface area contributed by atoms with Gasteiger partial charge in [0.25, 0.3) is 0 Å². The molecular weight excluding hydrogens is 280 g/mol. The van der Waals surface area contributed by atoms with E-state index in [-0.39, 0.29) is 11.8 Å². The molecule has 0 aliphatic heterocycles. The highest BCUT2D eigenvalue weighted by Gasteiger charge is 2.35. The quantitative estimate of drug-likeness (QED) is 0.659. The highest BCUT2D eigenvalue weighted by Crippen LogP contribution is 2.40. The largest absolute Gasteiger partial charge is 0.478 e. The number of aliphatic hydroxyl groups excluding tert-OH is 2. The lowest BCUT2D eigenvalue weighted by molar-refractivity contribution is -0.131. The van der Waals surface area contributed by atoms with Crippen LogP contribution in [0.5, 0.6) is 0 Å². The van der Waals surface area contributed by atoms with Crippen molar-refractivity contribution in [3.63, 3.8) is 0 Å². The minimum atomic E-state index is -0.995. The normalized spacial score (nSPS) is 31.9. The van der Waals surface area contributed by atoms with E-state index in [0.717, 1.165) is 18.1 Å². The van der Waals surface area contributed by atoms with Crippen molar-refractivity contribution in [2.75, 3.05) is 0 Å². The Morgan fingerprint density at radius 3 is 2.91 bits per heavy atom. The molecule has 0 radical (unpaired) electrons. The Labute approximate surface area is 131 Å². The number of hydrogen-bond acceptors (Lipinski definition) is 3. The predicted octanol–water partition coefficient (Wildman–Crippen LogP) is 2.45. The van der Waals surface area contributed by atoms with Gasteiger partial charge in [0.1, 0.15) is 0 Å². The van der Waals surface area contributed by atoms with Gasteiger partial charge in [0, 0.05) is 12.0 Å². The maximum absolute atomic E-state index is 10.4. The van der Waals surface area contributed by atoms with Crippen LogP contribution in [-0.4, -0.2) is 33.5 Å². The highest BCUT2D eigenvalue weighted by atomic mass is 16.4. The second-order valence-corrected chi connectivity index (χ2v) is 6.16. The van der Waals surface area contributed by atoms with E-state index < -0.39 is 18.2 Å². The van der Waals surface area contributed by atoms with E-state index in [1.54, 1.807) is 0 Å². The third kappa shape index (κ3) is 4.18. The number of hydrogen-bond donors (Lipinski definition) is 3. The molecule has 0 aromatic heterocycles. The van der Waals surface area contributed by atoms with Crippen LogP contribution in [0.1, 0.15) is 26.2 Å². The molecule has 120 valence electrons. The molecule has 3 N–H and O–H groups in total. The second-order valence-electron chi connectivity index (χ2n) is 6.16. The van der Waals surface area contributed by atoms with Gasteiger partial charge in [-0.05, 0) is 36.7 Å². The number of rotatable bonds is 6. The van der Waals surface area contributed by atoms with E-state index in [1.165, 1.54) is 6.08 Å². The molecular formula is C18H24O4. The maximum atomic E-state index is 10.4. The number of fused-ring (bicyclic) bond motifs is 1. The third-order valence-corrected chi connectivity index (χ3v) is 4.58. The maximum Gasteiger partial charge on any atom is 0.327 e. The molecule has 2 aliphatic rings. The number of carboxylic acid groups (broad SMARTS) is 1. The summed E-state index contributed by atoms with van der Waals surface area (Å²) in [5, 5.41) is 28.8. The van der Waals surface area contributed by atoms with E-state index >= 15 is 0 Å². The Hall–Kier alpha value is -1.65. The van der Waals surface area contributed by atoms with Crippen LogP contribution in [0.3, 0.4) is 0 Å². The van der Waals surface area contributed by atoms with Crippen molar-refractivity contribution in [2.24, 2.45) is 17.8 Å². The lowest BCUT2D eigenvalue weighted by atomic mass is 9.68. The van der Waals surface area contributed by atoms with Gasteiger partial charge in [-0.1, -0.05) is 43.4 Å². The summed E-state index contributed by atoms with van der Waals surface area (Å²) in [5.41, 5.74) is 1.15. The van der Waals surface area contributed by atoms with Gasteiger partial charge in [0.2, 0.25) is 0 Å². The second kappa shape index (κ2) is 7.56. The van der Waals surface area contributed by atoms with Crippen molar-refractivity contribution in [3.05, 3.63) is 48.1 Å². The lowest BCUT2D eigenvalue weighted by Gasteiger charge is -2.38. The Balaban J connectivity index is 1.93. The van der Waals surface area contributed by atoms with E-state index in [1.807, 2.05) is 18.2 Å². The molecule has 22 heavy (non-hydrogen) atoms. The van der Waals surface area contributed by atoms with Gasteiger partial charge in [-0.2, -0.15) is 0 Å². The Kier molecular flexibility index (Phi) is 5.75. The van der Waals surface area contributed by atoms with E-state index in [9.17, 15) is 15.0 Å². The molecule has 0 amide bonds. The zero-order valence-electron chi connectivity index (χ0n) is 12.8. The first-order chi connectivity index (χ1) is 10.5. The number of aliphatic hydroxyl groups is 2. The average molecular weight is 304 g/mol. The molecule has 0 heterocycles. The Bertz CT molecular complexity index is 515. The first-order valence-corrected chi connectivity index (χ1v) is 7.81. The van der Waals surface area contributed by atoms with Crippen molar-refractivity contribution < 1.29 is 20.1 Å². The van der Waals surface area contributed by atoms with Crippen molar-refractivity contribution >= 4 is 5.97 Å². The molecule has 1 unspecified atom stereocenters. The van der Waals surface area contributed by atoms with Gasteiger partial charge >= 0.3 is 5.97 Å². The average Bonchev–Trinajstić information content (AvgIpc) is 2.46. The van der Waals surface area contributed by atoms with Crippen molar-refractivity contribution in [3.8, 4) is 0 Å². The predicted molar refractivity (Wildman–Crippen MR) is 85.1 cm³/mol. The zero-order valence-corrected chi connectivity index (χ0v) is 12.8. The van der Waals surface area contributed by atoms with Crippen LogP contribution < -0.4 is 0 Å². The summed E-state index contributed by atoms with van der Waals surface area (Å²) in [5.74, 6) is -0.267. The topological polar surface area (TPSA) is 77.8 Å². The summed E-state index contributed by atoms with van der Waals surface area (Å²) in [4.78, 5) is 10.4. The van der Waals surface area contributed by atoms with Crippen LogP contribution in [0.2, 0.25) is 0 Å². The van der Waals surface area contributed by atoms with Crippen molar-refractivity contribution in [1.29, 1.82) is 0 Å². The van der Waals surface area contributed by atoms with Crippen LogP contribution in [0, 0.1) is 17.8 Å². The summed E-state index contributed by atoms with van der Waals surface area (Å²) in [6, 6.07) is 0. The minimum absolute atomic E-state index is 0.0896. The molecule has 0 fully saturated rings. The van der Waals surface area contributed by atoms with Gasteiger partial charge in [-0.3, -0.25) is 0 Å². The lowest BCUT2D eigenvalue weighted by Crippen LogP contribution is -2.35. The van der Waals surface area contributed by atoms with Gasteiger partial charge in [0.05, 0.1) is 12.2 Å². The van der Waals surface area contributed by atoms with Crippen LogP contribution in [0.4, 0.5) is 0 Å². The fourth-order valence-electron chi connectivity index (χ4n) is 3.38. The fourth-order valence-corrected chi connectivity index (χ4v) is 3.38. The number of carboxylic acids is 1.